The fourth-order valence-electron chi connectivity index (χ4n) is 1.68. The Morgan fingerprint density at radius 2 is 2.15 bits per heavy atom. The molecule has 106 valence electrons. The minimum atomic E-state index is -0.0383. The molecule has 3 nitrogen and oxygen atoms in total. The molecule has 1 amide bonds. The van der Waals surface area contributed by atoms with Gasteiger partial charge in [-0.25, -0.2) is 0 Å². The molecule has 0 aliphatic heterocycles. The maximum atomic E-state index is 11.9. The smallest absolute Gasteiger partial charge is 0.253 e. The first-order valence-corrected chi connectivity index (χ1v) is 8.00. The van der Waals surface area contributed by atoms with E-state index < -0.39 is 0 Å². The van der Waals surface area contributed by atoms with E-state index in [0.29, 0.717) is 17.1 Å². The fraction of sp³-hybridized carbons (Fsp3) is 0.214. The molecule has 0 fully saturated rings. The van der Waals surface area contributed by atoms with E-state index in [1.54, 1.807) is 48.5 Å². The summed E-state index contributed by atoms with van der Waals surface area (Å²) in [6.45, 7) is 0.676. The number of thiophene rings is 1. The van der Waals surface area contributed by atoms with Crippen LogP contribution in [-0.4, -0.2) is 24.9 Å². The normalized spacial score (nSPS) is 10.4. The standard InChI is InChI=1S/C14H14BrClN2OS/c1-18(2)14(19)9-3-4-12(16)13(5-9)17-7-11-6-10(15)8-20-11/h3-6,8,17H,7H2,1-2H3. The molecule has 1 N–H and O–H groups in total. The average Bonchev–Trinajstić information content (AvgIpc) is 2.82. The maximum absolute atomic E-state index is 11.9. The maximum Gasteiger partial charge on any atom is 0.253 e. The van der Waals surface area contributed by atoms with Gasteiger partial charge in [-0.2, -0.15) is 0 Å². The Morgan fingerprint density at radius 1 is 1.40 bits per heavy atom. The van der Waals surface area contributed by atoms with Crippen LogP contribution in [0.2, 0.25) is 5.02 Å². The summed E-state index contributed by atoms with van der Waals surface area (Å²) in [6, 6.07) is 7.32. The van der Waals surface area contributed by atoms with Gasteiger partial charge in [-0.05, 0) is 40.2 Å². The molecule has 2 aromatic rings. The lowest BCUT2D eigenvalue weighted by atomic mass is 10.2. The molecule has 0 saturated carbocycles. The Balaban J connectivity index is 2.14. The summed E-state index contributed by atoms with van der Waals surface area (Å²) in [6.07, 6.45) is 0. The minimum Gasteiger partial charge on any atom is -0.379 e. The third kappa shape index (κ3) is 3.75. The second kappa shape index (κ2) is 6.61. The lowest BCUT2D eigenvalue weighted by molar-refractivity contribution is 0.0827. The van der Waals surface area contributed by atoms with Crippen molar-refractivity contribution in [3.63, 3.8) is 0 Å². The number of carbonyl (C=O) groups excluding carboxylic acids is 1. The first-order chi connectivity index (χ1) is 9.47. The third-order valence-corrected chi connectivity index (χ3v) is 4.72. The van der Waals surface area contributed by atoms with Crippen LogP contribution in [0.4, 0.5) is 5.69 Å². The molecule has 0 atom stereocenters. The number of nitrogens with one attached hydrogen (secondary N) is 1. The lowest BCUT2D eigenvalue weighted by Crippen LogP contribution is -2.21. The number of halogens is 2. The molecule has 0 unspecified atom stereocenters. The molecule has 20 heavy (non-hydrogen) atoms. The Hall–Kier alpha value is -1.04. The Kier molecular flexibility index (Phi) is 5.07. The lowest BCUT2D eigenvalue weighted by Gasteiger charge is -2.13. The molecule has 0 aliphatic carbocycles. The van der Waals surface area contributed by atoms with E-state index in [2.05, 4.69) is 27.3 Å². The van der Waals surface area contributed by atoms with Gasteiger partial charge in [0.05, 0.1) is 10.7 Å². The van der Waals surface area contributed by atoms with Gasteiger partial charge in [0.1, 0.15) is 0 Å². The quantitative estimate of drug-likeness (QED) is 0.857. The zero-order chi connectivity index (χ0) is 14.7. The molecule has 0 aliphatic rings. The van der Waals surface area contributed by atoms with E-state index in [-0.39, 0.29) is 5.91 Å². The van der Waals surface area contributed by atoms with E-state index in [9.17, 15) is 4.79 Å². The third-order valence-electron chi connectivity index (χ3n) is 2.69. The van der Waals surface area contributed by atoms with Gasteiger partial charge in [0.15, 0.2) is 0 Å². The van der Waals surface area contributed by atoms with Gasteiger partial charge >= 0.3 is 0 Å². The van der Waals surface area contributed by atoms with E-state index in [1.165, 1.54) is 4.88 Å². The summed E-state index contributed by atoms with van der Waals surface area (Å²) in [5, 5.41) is 5.90. The van der Waals surface area contributed by atoms with Crippen molar-refractivity contribution in [1.82, 2.24) is 4.90 Å². The van der Waals surface area contributed by atoms with Crippen molar-refractivity contribution >= 4 is 50.5 Å². The number of rotatable bonds is 4. The summed E-state index contributed by atoms with van der Waals surface area (Å²) in [4.78, 5) is 14.7. The number of nitrogens with zero attached hydrogens (tertiary/aromatic N) is 1. The Bertz CT molecular complexity index is 627. The monoisotopic (exact) mass is 372 g/mol. The SMILES string of the molecule is CN(C)C(=O)c1ccc(Cl)c(NCc2cc(Br)cs2)c1. The number of benzene rings is 1. The Labute approximate surface area is 135 Å². The van der Waals surface area contributed by atoms with Crippen molar-refractivity contribution in [2.75, 3.05) is 19.4 Å². The number of amides is 1. The number of hydrogen-bond acceptors (Lipinski definition) is 3. The zero-order valence-electron chi connectivity index (χ0n) is 11.1. The summed E-state index contributed by atoms with van der Waals surface area (Å²) >= 11 is 11.2. The van der Waals surface area contributed by atoms with Crippen LogP contribution in [0.1, 0.15) is 15.2 Å². The van der Waals surface area contributed by atoms with E-state index in [0.717, 1.165) is 10.2 Å². The molecule has 0 spiro atoms. The van der Waals surface area contributed by atoms with Crippen molar-refractivity contribution in [3.05, 3.63) is 49.6 Å². The van der Waals surface area contributed by atoms with Crippen LogP contribution in [0.3, 0.4) is 0 Å². The van der Waals surface area contributed by atoms with Crippen molar-refractivity contribution in [3.8, 4) is 0 Å². The predicted molar refractivity (Wildman–Crippen MR) is 88.8 cm³/mol. The van der Waals surface area contributed by atoms with Gasteiger partial charge in [0.25, 0.3) is 5.91 Å². The highest BCUT2D eigenvalue weighted by Crippen LogP contribution is 2.26. The zero-order valence-corrected chi connectivity index (χ0v) is 14.3. The number of anilines is 1. The largest absolute Gasteiger partial charge is 0.379 e. The number of carbonyl (C=O) groups is 1. The highest BCUT2D eigenvalue weighted by atomic mass is 79.9. The summed E-state index contributed by atoms with van der Waals surface area (Å²) in [7, 11) is 3.46. The summed E-state index contributed by atoms with van der Waals surface area (Å²) < 4.78 is 1.07. The van der Waals surface area contributed by atoms with Crippen LogP contribution in [0.25, 0.3) is 0 Å². The minimum absolute atomic E-state index is 0.0383. The first kappa shape index (κ1) is 15.4. The molecule has 1 aromatic carbocycles. The van der Waals surface area contributed by atoms with Crippen LogP contribution in [-0.2, 0) is 6.54 Å². The van der Waals surface area contributed by atoms with Gasteiger partial charge in [-0.1, -0.05) is 11.6 Å². The van der Waals surface area contributed by atoms with Crippen molar-refractivity contribution in [2.24, 2.45) is 0 Å². The van der Waals surface area contributed by atoms with E-state index >= 15 is 0 Å². The predicted octanol–water partition coefficient (Wildman–Crippen LogP) is 4.48. The molecule has 0 saturated heterocycles. The van der Waals surface area contributed by atoms with Gasteiger partial charge in [0.2, 0.25) is 0 Å². The highest BCUT2D eigenvalue weighted by Gasteiger charge is 2.10. The summed E-state index contributed by atoms with van der Waals surface area (Å²) in [5.41, 5.74) is 1.39. The molecule has 1 aromatic heterocycles. The molecular weight excluding hydrogens is 360 g/mol. The number of hydrogen-bond donors (Lipinski definition) is 1. The van der Waals surface area contributed by atoms with Crippen molar-refractivity contribution in [1.29, 1.82) is 0 Å². The second-order valence-electron chi connectivity index (χ2n) is 4.48. The van der Waals surface area contributed by atoms with Gasteiger partial charge in [-0.3, -0.25) is 4.79 Å². The van der Waals surface area contributed by atoms with E-state index in [1.807, 2.05) is 5.38 Å². The first-order valence-electron chi connectivity index (χ1n) is 5.95. The van der Waals surface area contributed by atoms with Gasteiger partial charge in [-0.15, -0.1) is 11.3 Å². The average molecular weight is 374 g/mol. The van der Waals surface area contributed by atoms with Crippen LogP contribution >= 0.6 is 38.9 Å². The van der Waals surface area contributed by atoms with E-state index in [4.69, 9.17) is 11.6 Å². The van der Waals surface area contributed by atoms with Crippen LogP contribution in [0, 0.1) is 0 Å². The Morgan fingerprint density at radius 3 is 2.75 bits per heavy atom. The van der Waals surface area contributed by atoms with Gasteiger partial charge in [0, 0.05) is 40.9 Å². The topological polar surface area (TPSA) is 32.3 Å². The van der Waals surface area contributed by atoms with Crippen LogP contribution < -0.4 is 5.32 Å². The van der Waals surface area contributed by atoms with Crippen LogP contribution in [0.15, 0.2) is 34.1 Å². The fourth-order valence-corrected chi connectivity index (χ4v) is 3.26. The van der Waals surface area contributed by atoms with Crippen molar-refractivity contribution in [2.45, 2.75) is 6.54 Å². The van der Waals surface area contributed by atoms with Crippen molar-refractivity contribution < 1.29 is 4.79 Å². The molecule has 0 radical (unpaired) electrons. The molecule has 6 heteroatoms. The molecule has 2 rings (SSSR count). The molecule has 0 bridgehead atoms. The summed E-state index contributed by atoms with van der Waals surface area (Å²) in [5.74, 6) is -0.0383. The van der Waals surface area contributed by atoms with Gasteiger partial charge < -0.3 is 10.2 Å². The highest BCUT2D eigenvalue weighted by molar-refractivity contribution is 9.10. The molecule has 1 heterocycles. The molecular formula is C14H14BrClN2OS. The second-order valence-corrected chi connectivity index (χ2v) is 6.80. The van der Waals surface area contributed by atoms with Crippen LogP contribution in [0.5, 0.6) is 0 Å².